The van der Waals surface area contributed by atoms with E-state index in [0.717, 1.165) is 16.7 Å². The van der Waals surface area contributed by atoms with Crippen LogP contribution in [0.1, 0.15) is 24.7 Å². The van der Waals surface area contributed by atoms with Crippen molar-refractivity contribution in [3.8, 4) is 5.75 Å². The number of pyridine rings is 1. The van der Waals surface area contributed by atoms with Crippen molar-refractivity contribution in [2.45, 2.75) is 19.6 Å². The molecule has 1 atom stereocenters. The first-order valence-electron chi connectivity index (χ1n) is 6.28. The van der Waals surface area contributed by atoms with E-state index in [4.69, 9.17) is 15.0 Å². The van der Waals surface area contributed by atoms with Gasteiger partial charge < -0.3 is 15.0 Å². The molecule has 102 valence electrons. The number of benzene rings is 1. The maximum Gasteiger partial charge on any atom is 0.243 e. The largest absolute Gasteiger partial charge is 0.485 e. The highest BCUT2D eigenvalue weighted by Gasteiger charge is 2.10. The number of fused-ring (bicyclic) bond motifs is 1. The summed E-state index contributed by atoms with van der Waals surface area (Å²) in [6, 6.07) is 9.30. The lowest BCUT2D eigenvalue weighted by atomic mass is 10.2. The van der Waals surface area contributed by atoms with Crippen LogP contribution in [-0.4, -0.2) is 15.1 Å². The van der Waals surface area contributed by atoms with E-state index < -0.39 is 0 Å². The molecule has 0 amide bonds. The van der Waals surface area contributed by atoms with Crippen LogP contribution in [0.4, 0.5) is 0 Å². The maximum atomic E-state index is 5.65. The summed E-state index contributed by atoms with van der Waals surface area (Å²) in [6.07, 6.45) is 1.76. The van der Waals surface area contributed by atoms with E-state index in [9.17, 15) is 0 Å². The van der Waals surface area contributed by atoms with E-state index >= 15 is 0 Å². The second-order valence-electron chi connectivity index (χ2n) is 4.48. The van der Waals surface area contributed by atoms with Crippen LogP contribution in [-0.2, 0) is 6.61 Å². The number of rotatable bonds is 4. The van der Waals surface area contributed by atoms with Gasteiger partial charge in [-0.15, -0.1) is 0 Å². The van der Waals surface area contributed by atoms with Gasteiger partial charge in [0.1, 0.15) is 5.75 Å². The third kappa shape index (κ3) is 2.60. The number of hydrogen-bond donors (Lipinski definition) is 1. The fourth-order valence-electron chi connectivity index (χ4n) is 1.80. The van der Waals surface area contributed by atoms with Gasteiger partial charge in [0.25, 0.3) is 0 Å². The van der Waals surface area contributed by atoms with E-state index in [-0.39, 0.29) is 12.6 Å². The van der Waals surface area contributed by atoms with Gasteiger partial charge in [0, 0.05) is 11.6 Å². The molecule has 2 heterocycles. The highest BCUT2D eigenvalue weighted by Crippen LogP contribution is 2.19. The summed E-state index contributed by atoms with van der Waals surface area (Å²) in [6.45, 7) is 2.02. The van der Waals surface area contributed by atoms with Crippen LogP contribution >= 0.6 is 0 Å². The molecule has 1 unspecified atom stereocenters. The molecular formula is C14H14N4O2. The lowest BCUT2D eigenvalue weighted by molar-refractivity contribution is 0.284. The summed E-state index contributed by atoms with van der Waals surface area (Å²) in [4.78, 5) is 8.40. The highest BCUT2D eigenvalue weighted by molar-refractivity contribution is 5.79. The Bertz CT molecular complexity index is 724. The fourth-order valence-corrected chi connectivity index (χ4v) is 1.80. The van der Waals surface area contributed by atoms with Gasteiger partial charge in [-0.25, -0.2) is 0 Å². The van der Waals surface area contributed by atoms with Crippen molar-refractivity contribution >= 4 is 10.9 Å². The first kappa shape index (κ1) is 12.6. The smallest absolute Gasteiger partial charge is 0.243 e. The minimum Gasteiger partial charge on any atom is -0.485 e. The second-order valence-corrected chi connectivity index (χ2v) is 4.48. The molecule has 1 aromatic carbocycles. The Morgan fingerprint density at radius 3 is 3.05 bits per heavy atom. The Labute approximate surface area is 115 Å². The van der Waals surface area contributed by atoms with E-state index in [1.165, 1.54) is 0 Å². The Hall–Kier alpha value is -2.47. The van der Waals surface area contributed by atoms with Gasteiger partial charge in [0.05, 0.1) is 11.6 Å². The predicted octanol–water partition coefficient (Wildman–Crippen LogP) is 2.22. The predicted molar refractivity (Wildman–Crippen MR) is 73.0 cm³/mol. The summed E-state index contributed by atoms with van der Waals surface area (Å²) in [5.41, 5.74) is 6.58. The lowest BCUT2D eigenvalue weighted by Crippen LogP contribution is -2.05. The number of hydrogen-bond acceptors (Lipinski definition) is 6. The number of nitrogens with zero attached hydrogens (tertiary/aromatic N) is 3. The quantitative estimate of drug-likeness (QED) is 0.782. The van der Waals surface area contributed by atoms with Gasteiger partial charge in [-0.3, -0.25) is 4.98 Å². The Morgan fingerprint density at radius 2 is 2.25 bits per heavy atom. The molecule has 0 aliphatic heterocycles. The molecule has 3 aromatic rings. The summed E-state index contributed by atoms with van der Waals surface area (Å²) in [5, 5.41) is 4.83. The molecule has 3 rings (SSSR count). The zero-order valence-corrected chi connectivity index (χ0v) is 11.0. The van der Waals surface area contributed by atoms with Crippen molar-refractivity contribution in [1.29, 1.82) is 0 Å². The lowest BCUT2D eigenvalue weighted by Gasteiger charge is -2.04. The molecule has 0 spiro atoms. The molecule has 6 heteroatoms. The topological polar surface area (TPSA) is 87.1 Å². The first-order valence-corrected chi connectivity index (χ1v) is 6.28. The molecule has 0 radical (unpaired) electrons. The van der Waals surface area contributed by atoms with E-state index in [2.05, 4.69) is 15.1 Å². The first-order chi connectivity index (χ1) is 9.72. The minimum absolute atomic E-state index is 0.238. The average Bonchev–Trinajstić information content (AvgIpc) is 2.94. The number of nitrogens with two attached hydrogens (primary N) is 1. The molecule has 2 N–H and O–H groups in total. The Balaban J connectivity index is 1.72. The maximum absolute atomic E-state index is 5.65. The molecule has 20 heavy (non-hydrogen) atoms. The van der Waals surface area contributed by atoms with Crippen molar-refractivity contribution in [3.63, 3.8) is 0 Å². The van der Waals surface area contributed by atoms with E-state index in [0.29, 0.717) is 11.7 Å². The highest BCUT2D eigenvalue weighted by atomic mass is 16.5. The summed E-state index contributed by atoms with van der Waals surface area (Å²) in [7, 11) is 0. The van der Waals surface area contributed by atoms with Crippen molar-refractivity contribution in [1.82, 2.24) is 15.1 Å². The minimum atomic E-state index is -0.275. The SMILES string of the molecule is CC(N)c1nc(COc2ccc3ncccc3c2)no1. The summed E-state index contributed by atoms with van der Waals surface area (Å²) < 4.78 is 10.6. The van der Waals surface area contributed by atoms with Crippen LogP contribution in [0.15, 0.2) is 41.1 Å². The summed E-state index contributed by atoms with van der Waals surface area (Å²) in [5.74, 6) is 1.62. The molecule has 0 saturated heterocycles. The molecule has 0 aliphatic carbocycles. The van der Waals surface area contributed by atoms with Crippen LogP contribution in [0.2, 0.25) is 0 Å². The van der Waals surface area contributed by atoms with Crippen LogP contribution in [0.5, 0.6) is 5.75 Å². The molecule has 0 fully saturated rings. The van der Waals surface area contributed by atoms with Crippen molar-refractivity contribution in [2.24, 2.45) is 5.73 Å². The van der Waals surface area contributed by atoms with Crippen molar-refractivity contribution in [2.75, 3.05) is 0 Å². The molecule has 6 nitrogen and oxygen atoms in total. The van der Waals surface area contributed by atoms with Gasteiger partial charge >= 0.3 is 0 Å². The van der Waals surface area contributed by atoms with Crippen LogP contribution in [0, 0.1) is 0 Å². The van der Waals surface area contributed by atoms with Crippen molar-refractivity contribution < 1.29 is 9.26 Å². The Kier molecular flexibility index (Phi) is 3.30. The van der Waals surface area contributed by atoms with Gasteiger partial charge in [-0.2, -0.15) is 4.98 Å². The second kappa shape index (κ2) is 5.26. The van der Waals surface area contributed by atoms with Crippen molar-refractivity contribution in [3.05, 3.63) is 48.2 Å². The zero-order chi connectivity index (χ0) is 13.9. The molecular weight excluding hydrogens is 256 g/mol. The third-order valence-corrected chi connectivity index (χ3v) is 2.82. The van der Waals surface area contributed by atoms with Crippen LogP contribution in [0.3, 0.4) is 0 Å². The van der Waals surface area contributed by atoms with E-state index in [1.807, 2.05) is 30.3 Å². The van der Waals surface area contributed by atoms with E-state index in [1.54, 1.807) is 13.1 Å². The fraction of sp³-hybridized carbons (Fsp3) is 0.214. The van der Waals surface area contributed by atoms with Gasteiger partial charge in [0.15, 0.2) is 6.61 Å². The van der Waals surface area contributed by atoms with Crippen LogP contribution < -0.4 is 10.5 Å². The molecule has 0 bridgehead atoms. The molecule has 0 aliphatic rings. The number of ether oxygens (including phenoxy) is 1. The monoisotopic (exact) mass is 270 g/mol. The van der Waals surface area contributed by atoms with Gasteiger partial charge in [-0.05, 0) is 31.2 Å². The molecule has 2 aromatic heterocycles. The molecule has 0 saturated carbocycles. The van der Waals surface area contributed by atoms with Gasteiger partial charge in [-0.1, -0.05) is 11.2 Å². The standard InChI is InChI=1S/C14H14N4O2/c1-9(15)14-17-13(18-20-14)8-19-11-4-5-12-10(7-11)3-2-6-16-12/h2-7,9H,8,15H2,1H3. The summed E-state index contributed by atoms with van der Waals surface area (Å²) >= 11 is 0. The van der Waals surface area contributed by atoms with Crippen LogP contribution in [0.25, 0.3) is 10.9 Å². The Morgan fingerprint density at radius 1 is 1.35 bits per heavy atom. The number of aromatic nitrogens is 3. The van der Waals surface area contributed by atoms with Gasteiger partial charge in [0.2, 0.25) is 11.7 Å². The average molecular weight is 270 g/mol. The zero-order valence-electron chi connectivity index (χ0n) is 11.0. The third-order valence-electron chi connectivity index (χ3n) is 2.82. The normalized spacial score (nSPS) is 12.5.